The van der Waals surface area contributed by atoms with Crippen LogP contribution in [-0.4, -0.2) is 11.4 Å². The molecular weight excluding hydrogens is 348 g/mol. The van der Waals surface area contributed by atoms with E-state index in [0.717, 1.165) is 41.1 Å². The Morgan fingerprint density at radius 3 is 2.43 bits per heavy atom. The number of benzene rings is 2. The third-order valence-electron chi connectivity index (χ3n) is 4.02. The molecule has 2 aromatic rings. The molecule has 0 aromatic heterocycles. The Morgan fingerprint density at radius 2 is 1.81 bits per heavy atom. The molecular formula is C17H18BrClN2. The highest BCUT2D eigenvalue weighted by Crippen LogP contribution is 2.28. The van der Waals surface area contributed by atoms with Gasteiger partial charge in [-0.25, -0.2) is 0 Å². The van der Waals surface area contributed by atoms with Crippen LogP contribution in [0.4, 0.5) is 0 Å². The van der Waals surface area contributed by atoms with Crippen LogP contribution in [0.15, 0.2) is 46.9 Å². The summed E-state index contributed by atoms with van der Waals surface area (Å²) in [5.41, 5.74) is 10.2. The van der Waals surface area contributed by atoms with Crippen LogP contribution in [0.2, 0.25) is 5.02 Å². The van der Waals surface area contributed by atoms with Crippen LogP contribution in [-0.2, 0) is 13.1 Å². The van der Waals surface area contributed by atoms with Crippen molar-refractivity contribution in [3.63, 3.8) is 0 Å². The van der Waals surface area contributed by atoms with Crippen molar-refractivity contribution in [2.45, 2.75) is 25.6 Å². The first kappa shape index (κ1) is 15.0. The number of halogens is 2. The van der Waals surface area contributed by atoms with Crippen LogP contribution >= 0.6 is 27.5 Å². The van der Waals surface area contributed by atoms with Gasteiger partial charge in [-0.2, -0.15) is 0 Å². The molecule has 1 heterocycles. The lowest BCUT2D eigenvalue weighted by molar-refractivity contribution is 0.272. The first-order valence-electron chi connectivity index (χ1n) is 7.13. The summed E-state index contributed by atoms with van der Waals surface area (Å²) in [4.78, 5) is 2.44. The van der Waals surface area contributed by atoms with Crippen LogP contribution in [0.25, 0.3) is 0 Å². The number of nitrogens with two attached hydrogens (primary N) is 1. The maximum atomic E-state index is 6.30. The zero-order valence-corrected chi connectivity index (χ0v) is 14.1. The van der Waals surface area contributed by atoms with E-state index in [-0.39, 0.29) is 6.04 Å². The number of rotatable bonds is 4. The van der Waals surface area contributed by atoms with Crippen LogP contribution in [0.3, 0.4) is 0 Å². The Balaban J connectivity index is 1.59. The molecule has 21 heavy (non-hydrogen) atoms. The number of hydrogen-bond acceptors (Lipinski definition) is 2. The number of hydrogen-bond donors (Lipinski definition) is 1. The Morgan fingerprint density at radius 1 is 1.14 bits per heavy atom. The fourth-order valence-corrected chi connectivity index (χ4v) is 3.65. The zero-order valence-electron chi connectivity index (χ0n) is 11.7. The molecule has 1 aliphatic rings. The highest BCUT2D eigenvalue weighted by atomic mass is 79.9. The van der Waals surface area contributed by atoms with Crippen molar-refractivity contribution < 1.29 is 0 Å². The van der Waals surface area contributed by atoms with Gasteiger partial charge in [0.2, 0.25) is 0 Å². The minimum Gasteiger partial charge on any atom is -0.324 e. The quantitative estimate of drug-likeness (QED) is 0.864. The van der Waals surface area contributed by atoms with E-state index in [4.69, 9.17) is 17.3 Å². The second-order valence-corrected chi connectivity index (χ2v) is 6.86. The molecule has 110 valence electrons. The summed E-state index contributed by atoms with van der Waals surface area (Å²) in [7, 11) is 0. The molecule has 2 N–H and O–H groups in total. The molecule has 0 bridgehead atoms. The van der Waals surface area contributed by atoms with Crippen molar-refractivity contribution in [2.75, 3.05) is 6.54 Å². The summed E-state index contributed by atoms with van der Waals surface area (Å²) in [6.45, 7) is 3.04. The molecule has 1 unspecified atom stereocenters. The summed E-state index contributed by atoms with van der Waals surface area (Å²) in [6.07, 6.45) is 0.912. The molecule has 0 radical (unpaired) electrons. The van der Waals surface area contributed by atoms with E-state index in [1.54, 1.807) is 0 Å². The summed E-state index contributed by atoms with van der Waals surface area (Å²) >= 11 is 9.69. The van der Waals surface area contributed by atoms with Gasteiger partial charge in [0, 0.05) is 35.2 Å². The lowest BCUT2D eigenvalue weighted by Gasteiger charge is -2.19. The molecule has 2 nitrogen and oxygen atoms in total. The van der Waals surface area contributed by atoms with Gasteiger partial charge < -0.3 is 5.73 Å². The average molecular weight is 366 g/mol. The minimum atomic E-state index is -0.0192. The highest BCUT2D eigenvalue weighted by molar-refractivity contribution is 9.10. The Bertz CT molecular complexity index is 619. The van der Waals surface area contributed by atoms with E-state index < -0.39 is 0 Å². The van der Waals surface area contributed by atoms with E-state index in [0.29, 0.717) is 0 Å². The monoisotopic (exact) mass is 364 g/mol. The van der Waals surface area contributed by atoms with Gasteiger partial charge in [-0.3, -0.25) is 4.90 Å². The zero-order chi connectivity index (χ0) is 14.8. The van der Waals surface area contributed by atoms with Crippen molar-refractivity contribution >= 4 is 27.5 Å². The van der Waals surface area contributed by atoms with E-state index in [1.807, 2.05) is 18.2 Å². The molecule has 0 saturated heterocycles. The average Bonchev–Trinajstić information content (AvgIpc) is 2.87. The van der Waals surface area contributed by atoms with E-state index >= 15 is 0 Å². The standard InChI is InChI=1S/C17H18BrClN2/c18-14-5-6-15(16(19)9-14)17(20)7-8-21-10-12-3-1-2-4-13(12)11-21/h1-6,9,17H,7-8,10-11,20H2. The number of nitrogens with zero attached hydrogens (tertiary/aromatic N) is 1. The lowest BCUT2D eigenvalue weighted by Crippen LogP contribution is -2.22. The molecule has 4 heteroatoms. The highest BCUT2D eigenvalue weighted by Gasteiger charge is 2.19. The Labute approximate surface area is 139 Å². The third-order valence-corrected chi connectivity index (χ3v) is 4.85. The summed E-state index contributed by atoms with van der Waals surface area (Å²) in [6, 6.07) is 14.5. The maximum Gasteiger partial charge on any atom is 0.0464 e. The first-order chi connectivity index (χ1) is 10.1. The van der Waals surface area contributed by atoms with Crippen molar-refractivity contribution in [3.8, 4) is 0 Å². The molecule has 0 saturated carbocycles. The van der Waals surface area contributed by atoms with Gasteiger partial charge in [-0.05, 0) is 35.2 Å². The van der Waals surface area contributed by atoms with Crippen molar-refractivity contribution in [1.29, 1.82) is 0 Å². The largest absolute Gasteiger partial charge is 0.324 e. The van der Waals surface area contributed by atoms with E-state index in [9.17, 15) is 0 Å². The fraction of sp³-hybridized carbons (Fsp3) is 0.294. The molecule has 0 spiro atoms. The van der Waals surface area contributed by atoms with Crippen molar-refractivity contribution in [2.24, 2.45) is 5.73 Å². The van der Waals surface area contributed by atoms with Crippen LogP contribution in [0.1, 0.15) is 29.2 Å². The smallest absolute Gasteiger partial charge is 0.0464 e. The Hall–Kier alpha value is -0.870. The minimum absolute atomic E-state index is 0.0192. The van der Waals surface area contributed by atoms with Crippen LogP contribution in [0, 0.1) is 0 Å². The summed E-state index contributed by atoms with van der Waals surface area (Å²) in [5.74, 6) is 0. The molecule has 0 fully saturated rings. The second kappa shape index (κ2) is 6.49. The Kier molecular flexibility index (Phi) is 4.65. The van der Waals surface area contributed by atoms with E-state index in [2.05, 4.69) is 45.1 Å². The van der Waals surface area contributed by atoms with E-state index in [1.165, 1.54) is 11.1 Å². The molecule has 3 rings (SSSR count). The number of fused-ring (bicyclic) bond motifs is 1. The predicted molar refractivity (Wildman–Crippen MR) is 91.3 cm³/mol. The fourth-order valence-electron chi connectivity index (χ4n) is 2.84. The normalized spacial score (nSPS) is 16.0. The molecule has 0 amide bonds. The predicted octanol–water partition coefficient (Wildman–Crippen LogP) is 4.51. The molecule has 2 aromatic carbocycles. The van der Waals surface area contributed by atoms with Gasteiger partial charge >= 0.3 is 0 Å². The van der Waals surface area contributed by atoms with Gasteiger partial charge in [0.25, 0.3) is 0 Å². The second-order valence-electron chi connectivity index (χ2n) is 5.54. The molecule has 0 aliphatic carbocycles. The van der Waals surface area contributed by atoms with Crippen LogP contribution < -0.4 is 5.73 Å². The molecule has 1 aliphatic heterocycles. The van der Waals surface area contributed by atoms with Gasteiger partial charge in [0.1, 0.15) is 0 Å². The first-order valence-corrected chi connectivity index (χ1v) is 8.30. The van der Waals surface area contributed by atoms with Gasteiger partial charge in [0.05, 0.1) is 0 Å². The topological polar surface area (TPSA) is 29.3 Å². The lowest BCUT2D eigenvalue weighted by atomic mass is 10.0. The maximum absolute atomic E-state index is 6.30. The van der Waals surface area contributed by atoms with Crippen molar-refractivity contribution in [3.05, 3.63) is 68.7 Å². The summed E-state index contributed by atoms with van der Waals surface area (Å²) in [5, 5.41) is 0.738. The third kappa shape index (κ3) is 3.49. The summed E-state index contributed by atoms with van der Waals surface area (Å²) < 4.78 is 0.985. The SMILES string of the molecule is NC(CCN1Cc2ccccc2C1)c1ccc(Br)cc1Cl. The van der Waals surface area contributed by atoms with Crippen LogP contribution in [0.5, 0.6) is 0 Å². The van der Waals surface area contributed by atoms with Gasteiger partial charge in [-0.1, -0.05) is 57.9 Å². The van der Waals surface area contributed by atoms with Gasteiger partial charge in [0.15, 0.2) is 0 Å². The molecule has 1 atom stereocenters. The van der Waals surface area contributed by atoms with Gasteiger partial charge in [-0.15, -0.1) is 0 Å². The van der Waals surface area contributed by atoms with Crippen molar-refractivity contribution in [1.82, 2.24) is 4.90 Å².